The third-order valence-electron chi connectivity index (χ3n) is 1.60. The van der Waals surface area contributed by atoms with Crippen molar-refractivity contribution >= 4 is 28.9 Å². The van der Waals surface area contributed by atoms with Gasteiger partial charge in [0.15, 0.2) is 0 Å². The van der Waals surface area contributed by atoms with E-state index in [1.54, 1.807) is 6.07 Å². The SMILES string of the molecule is [NH]c1c2cc(Cl)cc1C(=O)N2. The number of rotatable bonds is 0. The monoisotopic (exact) mass is 167 g/mol. The van der Waals surface area contributed by atoms with Gasteiger partial charge >= 0.3 is 0 Å². The van der Waals surface area contributed by atoms with Crippen LogP contribution in [0.25, 0.3) is 0 Å². The average Bonchev–Trinajstić information content (AvgIpc) is 2.17. The van der Waals surface area contributed by atoms with Crippen LogP contribution < -0.4 is 11.1 Å². The summed E-state index contributed by atoms with van der Waals surface area (Å²) in [5, 5.41) is 3.01. The summed E-state index contributed by atoms with van der Waals surface area (Å²) in [7, 11) is 0. The van der Waals surface area contributed by atoms with Gasteiger partial charge in [0.1, 0.15) is 0 Å². The van der Waals surface area contributed by atoms with E-state index in [9.17, 15) is 4.79 Å². The second kappa shape index (κ2) is 1.89. The minimum absolute atomic E-state index is 0.236. The molecule has 0 unspecified atom stereocenters. The Hall–Kier alpha value is -1.22. The van der Waals surface area contributed by atoms with E-state index in [1.165, 1.54) is 6.07 Å². The van der Waals surface area contributed by atoms with E-state index in [0.29, 0.717) is 16.3 Å². The predicted octanol–water partition coefficient (Wildman–Crippen LogP) is 1.82. The Labute approximate surface area is 68.1 Å². The first kappa shape index (κ1) is 6.49. The fourth-order valence-electron chi connectivity index (χ4n) is 1.07. The van der Waals surface area contributed by atoms with Crippen molar-refractivity contribution in [1.29, 1.82) is 0 Å². The Morgan fingerprint density at radius 3 is 2.82 bits per heavy atom. The van der Waals surface area contributed by atoms with Crippen molar-refractivity contribution in [2.24, 2.45) is 0 Å². The zero-order valence-electron chi connectivity index (χ0n) is 5.44. The van der Waals surface area contributed by atoms with Crippen LogP contribution in [0.2, 0.25) is 5.02 Å². The van der Waals surface area contributed by atoms with Crippen molar-refractivity contribution in [2.45, 2.75) is 0 Å². The first-order chi connectivity index (χ1) is 5.18. The summed E-state index contributed by atoms with van der Waals surface area (Å²) in [5.41, 5.74) is 8.48. The molecule has 0 fully saturated rings. The number of nitrogens with one attached hydrogen (secondary N) is 2. The highest BCUT2D eigenvalue weighted by molar-refractivity contribution is 6.32. The van der Waals surface area contributed by atoms with E-state index in [1.807, 2.05) is 0 Å². The van der Waals surface area contributed by atoms with Crippen molar-refractivity contribution in [3.63, 3.8) is 0 Å². The van der Waals surface area contributed by atoms with Gasteiger partial charge in [-0.15, -0.1) is 0 Å². The van der Waals surface area contributed by atoms with Gasteiger partial charge in [0.2, 0.25) is 0 Å². The highest BCUT2D eigenvalue weighted by Gasteiger charge is 2.22. The molecule has 1 aromatic rings. The summed E-state index contributed by atoms with van der Waals surface area (Å²) in [4.78, 5) is 11.0. The molecule has 1 aromatic carbocycles. The molecule has 1 radical (unpaired) electrons. The van der Waals surface area contributed by atoms with Crippen LogP contribution in [0.1, 0.15) is 10.4 Å². The van der Waals surface area contributed by atoms with Gasteiger partial charge in [0, 0.05) is 5.02 Å². The summed E-state index contributed by atoms with van der Waals surface area (Å²) >= 11 is 5.65. The molecule has 0 atom stereocenters. The summed E-state index contributed by atoms with van der Waals surface area (Å²) in [5.74, 6) is -0.239. The van der Waals surface area contributed by atoms with Crippen LogP contribution in [-0.2, 0) is 0 Å². The highest BCUT2D eigenvalue weighted by Crippen LogP contribution is 2.34. The lowest BCUT2D eigenvalue weighted by atomic mass is 10.2. The van der Waals surface area contributed by atoms with Crippen molar-refractivity contribution < 1.29 is 4.79 Å². The van der Waals surface area contributed by atoms with E-state index in [0.717, 1.165) is 0 Å². The zero-order chi connectivity index (χ0) is 8.01. The van der Waals surface area contributed by atoms with E-state index >= 15 is 0 Å². The van der Waals surface area contributed by atoms with Crippen molar-refractivity contribution in [2.75, 3.05) is 5.32 Å². The maximum Gasteiger partial charge on any atom is 0.258 e. The Morgan fingerprint density at radius 1 is 1.45 bits per heavy atom. The third kappa shape index (κ3) is 0.778. The first-order valence-electron chi connectivity index (χ1n) is 3.05. The zero-order valence-corrected chi connectivity index (χ0v) is 6.20. The lowest BCUT2D eigenvalue weighted by molar-refractivity contribution is 0.103. The molecule has 1 aliphatic heterocycles. The normalized spacial score (nSPS) is 13.4. The molecule has 0 aromatic heterocycles. The standard InChI is InChI=1S/C7H4ClN2O/c8-3-1-4-6(9)5(2-3)10-7(4)11/h1-2,9H,(H,10,11). The Bertz CT molecular complexity index is 349. The molecule has 0 saturated heterocycles. The molecule has 1 heterocycles. The van der Waals surface area contributed by atoms with E-state index in [2.05, 4.69) is 5.32 Å². The molecule has 1 amide bonds. The van der Waals surface area contributed by atoms with Crippen LogP contribution >= 0.6 is 11.6 Å². The fraction of sp³-hybridized carbons (Fsp3) is 0. The quantitative estimate of drug-likeness (QED) is 0.630. The van der Waals surface area contributed by atoms with Gasteiger partial charge in [-0.25, -0.2) is 0 Å². The van der Waals surface area contributed by atoms with Crippen LogP contribution in [0.3, 0.4) is 0 Å². The lowest BCUT2D eigenvalue weighted by Gasteiger charge is -1.93. The van der Waals surface area contributed by atoms with Gasteiger partial charge < -0.3 is 5.32 Å². The summed E-state index contributed by atoms with van der Waals surface area (Å²) in [6.45, 7) is 0. The van der Waals surface area contributed by atoms with Crippen LogP contribution in [0.5, 0.6) is 0 Å². The van der Waals surface area contributed by atoms with Gasteiger partial charge in [-0.2, -0.15) is 0 Å². The molecule has 2 N–H and O–H groups in total. The smallest absolute Gasteiger partial charge is 0.258 e. The highest BCUT2D eigenvalue weighted by atomic mass is 35.5. The maximum absolute atomic E-state index is 11.0. The Balaban J connectivity index is 2.75. The number of fused-ring (bicyclic) bond motifs is 2. The summed E-state index contributed by atoms with van der Waals surface area (Å²) < 4.78 is 0. The second-order valence-electron chi connectivity index (χ2n) is 2.33. The number of benzene rings is 1. The number of hydrogen-bond acceptors (Lipinski definition) is 1. The van der Waals surface area contributed by atoms with E-state index in [-0.39, 0.29) is 11.6 Å². The molecule has 3 nitrogen and oxygen atoms in total. The molecule has 0 saturated carbocycles. The molecule has 2 rings (SSSR count). The molecule has 2 bridgehead atoms. The number of anilines is 1. The number of carbonyl (C=O) groups is 1. The van der Waals surface area contributed by atoms with Gasteiger partial charge in [-0.1, -0.05) is 11.6 Å². The first-order valence-corrected chi connectivity index (χ1v) is 3.43. The Kier molecular flexibility index (Phi) is 1.11. The third-order valence-corrected chi connectivity index (χ3v) is 1.81. The number of carbonyl (C=O) groups excluding carboxylic acids is 1. The number of amides is 1. The summed E-state index contributed by atoms with van der Waals surface area (Å²) in [6, 6.07) is 3.06. The van der Waals surface area contributed by atoms with Crippen LogP contribution in [0, 0.1) is 0 Å². The fourth-order valence-corrected chi connectivity index (χ4v) is 1.29. The topological polar surface area (TPSA) is 52.9 Å². The molecule has 11 heavy (non-hydrogen) atoms. The van der Waals surface area contributed by atoms with Crippen molar-refractivity contribution in [1.82, 2.24) is 5.73 Å². The largest absolute Gasteiger partial charge is 0.320 e. The van der Waals surface area contributed by atoms with Crippen LogP contribution in [0.4, 0.5) is 11.4 Å². The second-order valence-corrected chi connectivity index (χ2v) is 2.77. The summed E-state index contributed by atoms with van der Waals surface area (Å²) in [6.07, 6.45) is 0. The van der Waals surface area contributed by atoms with Gasteiger partial charge in [0.05, 0.1) is 16.9 Å². The maximum atomic E-state index is 11.0. The van der Waals surface area contributed by atoms with Gasteiger partial charge in [-0.3, -0.25) is 10.5 Å². The van der Waals surface area contributed by atoms with E-state index in [4.69, 9.17) is 17.3 Å². The van der Waals surface area contributed by atoms with Crippen LogP contribution in [0.15, 0.2) is 12.1 Å². The van der Waals surface area contributed by atoms with Crippen LogP contribution in [-0.4, -0.2) is 5.91 Å². The van der Waals surface area contributed by atoms with Crippen molar-refractivity contribution in [3.8, 4) is 0 Å². The minimum atomic E-state index is -0.239. The Morgan fingerprint density at radius 2 is 2.18 bits per heavy atom. The molecular weight excluding hydrogens is 164 g/mol. The molecular formula is C7H4ClN2O. The predicted molar refractivity (Wildman–Crippen MR) is 42.2 cm³/mol. The number of hydrogen-bond donors (Lipinski definition) is 1. The van der Waals surface area contributed by atoms with E-state index < -0.39 is 0 Å². The molecule has 55 valence electrons. The molecule has 0 aliphatic carbocycles. The molecule has 4 heteroatoms. The average molecular weight is 168 g/mol. The molecule has 0 spiro atoms. The lowest BCUT2D eigenvalue weighted by Crippen LogP contribution is -2.02. The minimum Gasteiger partial charge on any atom is -0.320 e. The number of halogens is 1. The van der Waals surface area contributed by atoms with Crippen molar-refractivity contribution in [3.05, 3.63) is 22.7 Å². The molecule has 1 aliphatic rings. The van der Waals surface area contributed by atoms with Gasteiger partial charge in [0.25, 0.3) is 5.91 Å². The van der Waals surface area contributed by atoms with Gasteiger partial charge in [-0.05, 0) is 12.1 Å².